The minimum absolute atomic E-state index is 0.117. The number of carbonyl (C=O) groups excluding carboxylic acids is 1. The Morgan fingerprint density at radius 1 is 1.39 bits per heavy atom. The Balaban J connectivity index is 2.17. The molecule has 2 rings (SSSR count). The molecule has 7 heteroatoms. The van der Waals surface area contributed by atoms with Crippen LogP contribution in [0.3, 0.4) is 0 Å². The fourth-order valence-corrected chi connectivity index (χ4v) is 1.46. The van der Waals surface area contributed by atoms with Gasteiger partial charge in [-0.05, 0) is 31.2 Å². The van der Waals surface area contributed by atoms with Gasteiger partial charge in [0.15, 0.2) is 5.82 Å². The zero-order chi connectivity index (χ0) is 13.0. The number of hydrogen-bond donors (Lipinski definition) is 2. The standard InChI is InChI=1S/C11H11ClN4O2/c1-2-18-11(17)9-10(15-16-14-9)13-8-5-3-7(12)4-6-8/h3-6H,2H2,1H3,(H2,13,14,15,16). The molecule has 0 saturated heterocycles. The molecular formula is C11H11ClN4O2. The topological polar surface area (TPSA) is 79.9 Å². The van der Waals surface area contributed by atoms with Gasteiger partial charge in [0.05, 0.1) is 6.61 Å². The number of benzene rings is 1. The lowest BCUT2D eigenvalue weighted by Crippen LogP contribution is -2.08. The first-order valence-electron chi connectivity index (χ1n) is 5.31. The molecule has 1 aromatic heterocycles. The van der Waals surface area contributed by atoms with Crippen LogP contribution in [0.1, 0.15) is 17.4 Å². The summed E-state index contributed by atoms with van der Waals surface area (Å²) in [4.78, 5) is 11.6. The molecule has 0 aliphatic heterocycles. The van der Waals surface area contributed by atoms with Crippen LogP contribution in [0.25, 0.3) is 0 Å². The van der Waals surface area contributed by atoms with E-state index in [9.17, 15) is 4.79 Å². The Kier molecular flexibility index (Phi) is 3.78. The summed E-state index contributed by atoms with van der Waals surface area (Å²) in [7, 11) is 0. The molecule has 94 valence electrons. The average molecular weight is 267 g/mol. The third kappa shape index (κ3) is 2.78. The number of nitrogens with one attached hydrogen (secondary N) is 2. The van der Waals surface area contributed by atoms with Crippen LogP contribution in [0.2, 0.25) is 5.02 Å². The second-order valence-electron chi connectivity index (χ2n) is 3.37. The first-order valence-corrected chi connectivity index (χ1v) is 5.69. The highest BCUT2D eigenvalue weighted by atomic mass is 35.5. The van der Waals surface area contributed by atoms with Crippen LogP contribution in [0, 0.1) is 0 Å². The summed E-state index contributed by atoms with van der Waals surface area (Å²) in [5.41, 5.74) is 0.866. The van der Waals surface area contributed by atoms with Gasteiger partial charge >= 0.3 is 5.97 Å². The molecule has 18 heavy (non-hydrogen) atoms. The van der Waals surface area contributed by atoms with Crippen molar-refractivity contribution in [2.75, 3.05) is 11.9 Å². The van der Waals surface area contributed by atoms with E-state index in [4.69, 9.17) is 16.3 Å². The van der Waals surface area contributed by atoms with Crippen LogP contribution >= 0.6 is 11.6 Å². The first-order chi connectivity index (χ1) is 8.70. The molecule has 0 fully saturated rings. The summed E-state index contributed by atoms with van der Waals surface area (Å²) >= 11 is 5.78. The molecule has 0 aliphatic carbocycles. The van der Waals surface area contributed by atoms with Crippen LogP contribution in [-0.2, 0) is 4.74 Å². The van der Waals surface area contributed by atoms with Gasteiger partial charge in [0.2, 0.25) is 5.69 Å². The number of halogens is 1. The van der Waals surface area contributed by atoms with E-state index in [1.54, 1.807) is 31.2 Å². The number of nitrogens with zero attached hydrogens (tertiary/aromatic N) is 2. The van der Waals surface area contributed by atoms with Gasteiger partial charge in [0.1, 0.15) is 0 Å². The van der Waals surface area contributed by atoms with Crippen molar-refractivity contribution in [3.8, 4) is 0 Å². The van der Waals surface area contributed by atoms with Crippen LogP contribution in [0.15, 0.2) is 24.3 Å². The molecule has 0 spiro atoms. The maximum Gasteiger partial charge on any atom is 0.362 e. The fraction of sp³-hybridized carbons (Fsp3) is 0.182. The number of esters is 1. The van der Waals surface area contributed by atoms with E-state index >= 15 is 0 Å². The maximum absolute atomic E-state index is 11.6. The van der Waals surface area contributed by atoms with Gasteiger partial charge in [-0.1, -0.05) is 11.6 Å². The van der Waals surface area contributed by atoms with E-state index in [1.165, 1.54) is 0 Å². The largest absolute Gasteiger partial charge is 0.461 e. The van der Waals surface area contributed by atoms with E-state index in [0.717, 1.165) is 5.69 Å². The first kappa shape index (κ1) is 12.4. The van der Waals surface area contributed by atoms with Crippen molar-refractivity contribution in [3.05, 3.63) is 35.0 Å². The number of rotatable bonds is 4. The molecule has 0 saturated carbocycles. The lowest BCUT2D eigenvalue weighted by molar-refractivity contribution is 0.0520. The zero-order valence-corrected chi connectivity index (χ0v) is 10.4. The summed E-state index contributed by atoms with van der Waals surface area (Å²) in [5.74, 6) is -0.210. The predicted octanol–water partition coefficient (Wildman–Crippen LogP) is 2.38. The van der Waals surface area contributed by atoms with Crippen LogP contribution < -0.4 is 5.32 Å². The van der Waals surface area contributed by atoms with Gasteiger partial charge in [-0.15, -0.1) is 10.2 Å². The quantitative estimate of drug-likeness (QED) is 0.831. The molecule has 2 N–H and O–H groups in total. The van der Waals surface area contributed by atoms with Crippen molar-refractivity contribution in [1.29, 1.82) is 0 Å². The minimum atomic E-state index is -0.525. The molecule has 1 aromatic carbocycles. The zero-order valence-electron chi connectivity index (χ0n) is 9.61. The SMILES string of the molecule is CCOC(=O)c1n[nH]nc1Nc1ccc(Cl)cc1. The highest BCUT2D eigenvalue weighted by Crippen LogP contribution is 2.19. The van der Waals surface area contributed by atoms with E-state index in [1.807, 2.05) is 0 Å². The van der Waals surface area contributed by atoms with Crippen molar-refractivity contribution < 1.29 is 9.53 Å². The fourth-order valence-electron chi connectivity index (χ4n) is 1.33. The molecule has 0 radical (unpaired) electrons. The van der Waals surface area contributed by atoms with Gasteiger partial charge in [0, 0.05) is 10.7 Å². The number of hydrogen-bond acceptors (Lipinski definition) is 5. The number of anilines is 2. The summed E-state index contributed by atoms with van der Waals surface area (Å²) in [5, 5.41) is 13.6. The molecule has 0 bridgehead atoms. The van der Waals surface area contributed by atoms with E-state index < -0.39 is 5.97 Å². The predicted molar refractivity (Wildman–Crippen MR) is 67.1 cm³/mol. The smallest absolute Gasteiger partial charge is 0.362 e. The van der Waals surface area contributed by atoms with E-state index in [-0.39, 0.29) is 12.3 Å². The van der Waals surface area contributed by atoms with Crippen molar-refractivity contribution in [1.82, 2.24) is 15.4 Å². The summed E-state index contributed by atoms with van der Waals surface area (Å²) in [6.45, 7) is 2.01. The Bertz CT molecular complexity index is 538. The number of ether oxygens (including phenoxy) is 1. The van der Waals surface area contributed by atoms with Gasteiger partial charge in [0.25, 0.3) is 0 Å². The maximum atomic E-state index is 11.6. The van der Waals surface area contributed by atoms with Crippen molar-refractivity contribution in [3.63, 3.8) is 0 Å². The van der Waals surface area contributed by atoms with Gasteiger partial charge in [-0.2, -0.15) is 5.21 Å². The Morgan fingerprint density at radius 3 is 2.78 bits per heavy atom. The molecule has 0 amide bonds. The van der Waals surface area contributed by atoms with Crippen LogP contribution in [0.4, 0.5) is 11.5 Å². The Hall–Kier alpha value is -2.08. The third-order valence-corrected chi connectivity index (χ3v) is 2.38. The molecule has 0 atom stereocenters. The Morgan fingerprint density at radius 2 is 2.11 bits per heavy atom. The lowest BCUT2D eigenvalue weighted by atomic mass is 10.3. The van der Waals surface area contributed by atoms with Gasteiger partial charge in [-0.25, -0.2) is 4.79 Å². The number of aromatic amines is 1. The summed E-state index contributed by atoms with van der Waals surface area (Å²) in [6, 6.07) is 7.00. The number of H-pyrrole nitrogens is 1. The van der Waals surface area contributed by atoms with Crippen LogP contribution in [0.5, 0.6) is 0 Å². The summed E-state index contributed by atoms with van der Waals surface area (Å²) < 4.78 is 4.86. The normalized spacial score (nSPS) is 10.1. The Labute approximate surface area is 108 Å². The van der Waals surface area contributed by atoms with Crippen molar-refractivity contribution in [2.45, 2.75) is 6.92 Å². The molecule has 2 aromatic rings. The molecular weight excluding hydrogens is 256 g/mol. The highest BCUT2D eigenvalue weighted by molar-refractivity contribution is 6.30. The average Bonchev–Trinajstić information content (AvgIpc) is 2.81. The molecule has 6 nitrogen and oxygen atoms in total. The van der Waals surface area contributed by atoms with E-state index in [2.05, 4.69) is 20.7 Å². The minimum Gasteiger partial charge on any atom is -0.461 e. The highest BCUT2D eigenvalue weighted by Gasteiger charge is 2.17. The molecule has 1 heterocycles. The number of carbonyl (C=O) groups is 1. The van der Waals surface area contributed by atoms with E-state index in [0.29, 0.717) is 10.8 Å². The summed E-state index contributed by atoms with van der Waals surface area (Å²) in [6.07, 6.45) is 0. The second kappa shape index (κ2) is 5.50. The van der Waals surface area contributed by atoms with Gasteiger partial charge < -0.3 is 10.1 Å². The lowest BCUT2D eigenvalue weighted by Gasteiger charge is -2.04. The molecule has 0 aliphatic rings. The van der Waals surface area contributed by atoms with Crippen molar-refractivity contribution in [2.24, 2.45) is 0 Å². The monoisotopic (exact) mass is 266 g/mol. The number of aromatic nitrogens is 3. The van der Waals surface area contributed by atoms with Crippen LogP contribution in [-0.4, -0.2) is 28.0 Å². The third-order valence-electron chi connectivity index (χ3n) is 2.12. The second-order valence-corrected chi connectivity index (χ2v) is 3.81. The molecule has 0 unspecified atom stereocenters. The van der Waals surface area contributed by atoms with Gasteiger partial charge in [-0.3, -0.25) is 0 Å². The van der Waals surface area contributed by atoms with Crippen molar-refractivity contribution >= 4 is 29.1 Å².